The van der Waals surface area contributed by atoms with E-state index in [4.69, 9.17) is 9.47 Å². The maximum Gasteiger partial charge on any atom is 0.337 e. The Kier molecular flexibility index (Phi) is 8.00. The molecule has 0 saturated heterocycles. The highest BCUT2D eigenvalue weighted by molar-refractivity contribution is 5.93. The van der Waals surface area contributed by atoms with Crippen LogP contribution in [-0.4, -0.2) is 55.7 Å². The number of benzene rings is 2. The molecule has 0 spiro atoms. The molecule has 0 fully saturated rings. The molecular weight excluding hydrogens is 551 g/mol. The molecule has 2 aromatic heterocycles. The van der Waals surface area contributed by atoms with Gasteiger partial charge in [-0.3, -0.25) is 4.79 Å². The maximum absolute atomic E-state index is 15.6. The lowest BCUT2D eigenvalue weighted by Gasteiger charge is -2.28. The topological polar surface area (TPSA) is 106 Å². The average molecular weight is 589 g/mol. The van der Waals surface area contributed by atoms with Crippen molar-refractivity contribution in [3.8, 4) is 17.0 Å². The Balaban J connectivity index is 1.73. The number of nitrogens with zero attached hydrogens (tertiary/aromatic N) is 4. The van der Waals surface area contributed by atoms with E-state index in [1.54, 1.807) is 45.7 Å². The van der Waals surface area contributed by atoms with E-state index >= 15 is 4.39 Å². The van der Waals surface area contributed by atoms with Crippen LogP contribution in [0.2, 0.25) is 0 Å². The van der Waals surface area contributed by atoms with Crippen LogP contribution in [-0.2, 0) is 22.5 Å². The fourth-order valence-electron chi connectivity index (χ4n) is 5.61. The third-order valence-corrected chi connectivity index (χ3v) is 7.71. The van der Waals surface area contributed by atoms with Crippen molar-refractivity contribution >= 4 is 17.5 Å². The van der Waals surface area contributed by atoms with E-state index in [0.717, 1.165) is 28.7 Å². The zero-order chi connectivity index (χ0) is 31.2. The highest BCUT2D eigenvalue weighted by atomic mass is 19.1. The normalized spacial score (nSPS) is 13.9. The highest BCUT2D eigenvalue weighted by Gasteiger charge is 2.35. The van der Waals surface area contributed by atoms with Crippen LogP contribution in [0.15, 0.2) is 36.4 Å². The third-order valence-electron chi connectivity index (χ3n) is 7.71. The molecule has 43 heavy (non-hydrogen) atoms. The van der Waals surface area contributed by atoms with Gasteiger partial charge in [0.15, 0.2) is 29.0 Å². The van der Waals surface area contributed by atoms with Crippen LogP contribution in [0, 0.1) is 26.6 Å². The monoisotopic (exact) mass is 588 g/mol. The number of rotatable bonds is 7. The van der Waals surface area contributed by atoms with Crippen molar-refractivity contribution < 1.29 is 28.6 Å². The molecule has 4 aromatic rings. The van der Waals surface area contributed by atoms with Crippen molar-refractivity contribution in [1.29, 1.82) is 0 Å². The zero-order valence-electron chi connectivity index (χ0n) is 25.6. The van der Waals surface area contributed by atoms with Gasteiger partial charge in [0.25, 0.3) is 5.91 Å². The number of hydrogen-bond donors (Lipinski definition) is 1. The number of amides is 1. The Morgan fingerprint density at radius 3 is 2.58 bits per heavy atom. The summed E-state index contributed by atoms with van der Waals surface area (Å²) in [5.74, 6) is -1.89. The second kappa shape index (κ2) is 11.4. The van der Waals surface area contributed by atoms with Crippen molar-refractivity contribution in [1.82, 2.24) is 19.5 Å². The summed E-state index contributed by atoms with van der Waals surface area (Å²) in [6, 6.07) is 10.8. The highest BCUT2D eigenvalue weighted by Crippen LogP contribution is 2.41. The standard InChI is InChI=1S/C33H37FN4O5/c1-18-11-8-9-12-21(18)17-37(7)31(39)25-16-26-35-20(3)27(30(32(40)41)43-33(4,5)6)28(38(26)36-25)23-15-24(34)29-22(19(23)2)13-10-14-42-29/h8-9,11-12,15-16,30H,10,13-14,17H2,1-7H3,(H,40,41)/t30-/m0/s1. The molecule has 1 aliphatic rings. The first-order valence-electron chi connectivity index (χ1n) is 14.3. The first-order valence-corrected chi connectivity index (χ1v) is 14.3. The second-order valence-corrected chi connectivity index (χ2v) is 12.1. The molecule has 0 bridgehead atoms. The smallest absolute Gasteiger partial charge is 0.337 e. The molecule has 1 amide bonds. The van der Waals surface area contributed by atoms with Crippen LogP contribution in [0.1, 0.15) is 77.3 Å². The summed E-state index contributed by atoms with van der Waals surface area (Å²) in [7, 11) is 1.70. The predicted molar refractivity (Wildman–Crippen MR) is 160 cm³/mol. The number of carboxylic acids is 1. The Morgan fingerprint density at radius 1 is 1.19 bits per heavy atom. The molecular formula is C33H37FN4O5. The van der Waals surface area contributed by atoms with Crippen molar-refractivity contribution in [2.24, 2.45) is 0 Å². The Morgan fingerprint density at radius 2 is 1.91 bits per heavy atom. The van der Waals surface area contributed by atoms with Gasteiger partial charge in [-0.05, 0) is 77.1 Å². The van der Waals surface area contributed by atoms with E-state index in [9.17, 15) is 14.7 Å². The van der Waals surface area contributed by atoms with Gasteiger partial charge in [0, 0.05) is 42.0 Å². The number of fused-ring (bicyclic) bond motifs is 2. The molecule has 5 rings (SSSR count). The third kappa shape index (κ3) is 5.84. The largest absolute Gasteiger partial charge is 0.490 e. The molecule has 0 unspecified atom stereocenters. The van der Waals surface area contributed by atoms with Crippen LogP contribution in [0.5, 0.6) is 5.75 Å². The number of hydrogen-bond acceptors (Lipinski definition) is 6. The van der Waals surface area contributed by atoms with Crippen LogP contribution in [0.25, 0.3) is 16.9 Å². The average Bonchev–Trinajstić information content (AvgIpc) is 3.37. The van der Waals surface area contributed by atoms with Crippen LogP contribution in [0.4, 0.5) is 4.39 Å². The van der Waals surface area contributed by atoms with E-state index in [0.29, 0.717) is 42.2 Å². The summed E-state index contributed by atoms with van der Waals surface area (Å²) < 4.78 is 28.7. The Labute approximate surface area is 250 Å². The maximum atomic E-state index is 15.6. The Hall–Kier alpha value is -4.31. The molecule has 226 valence electrons. The summed E-state index contributed by atoms with van der Waals surface area (Å²) in [4.78, 5) is 32.6. The first kappa shape index (κ1) is 30.2. The van der Waals surface area contributed by atoms with Gasteiger partial charge in [-0.25, -0.2) is 18.7 Å². The van der Waals surface area contributed by atoms with Gasteiger partial charge in [-0.15, -0.1) is 0 Å². The van der Waals surface area contributed by atoms with Crippen molar-refractivity contribution in [3.05, 3.63) is 81.4 Å². The van der Waals surface area contributed by atoms with Gasteiger partial charge in [-0.1, -0.05) is 24.3 Å². The Bertz CT molecular complexity index is 1740. The number of ether oxygens (including phenoxy) is 2. The molecule has 0 saturated carbocycles. The van der Waals surface area contributed by atoms with E-state index in [1.165, 1.54) is 10.6 Å². The summed E-state index contributed by atoms with van der Waals surface area (Å²) in [5.41, 5.74) is 4.53. The lowest BCUT2D eigenvalue weighted by molar-refractivity contribution is -0.160. The van der Waals surface area contributed by atoms with Crippen molar-refractivity contribution in [2.75, 3.05) is 13.7 Å². The van der Waals surface area contributed by atoms with Gasteiger partial charge >= 0.3 is 5.97 Å². The van der Waals surface area contributed by atoms with E-state index < -0.39 is 23.5 Å². The van der Waals surface area contributed by atoms with Gasteiger partial charge in [0.2, 0.25) is 0 Å². The van der Waals surface area contributed by atoms with Gasteiger partial charge in [0.05, 0.1) is 17.9 Å². The molecule has 1 atom stereocenters. The molecule has 1 N–H and O–H groups in total. The molecule has 10 heteroatoms. The number of aryl methyl sites for hydroxylation is 2. The number of halogens is 1. The first-order chi connectivity index (χ1) is 20.3. The quantitative estimate of drug-likeness (QED) is 0.282. The summed E-state index contributed by atoms with van der Waals surface area (Å²) in [5, 5.41) is 15.0. The van der Waals surface area contributed by atoms with E-state index in [2.05, 4.69) is 10.1 Å². The summed E-state index contributed by atoms with van der Waals surface area (Å²) >= 11 is 0. The molecule has 0 radical (unpaired) electrons. The van der Waals surface area contributed by atoms with E-state index in [1.807, 2.05) is 38.1 Å². The fraction of sp³-hybridized carbons (Fsp3) is 0.394. The van der Waals surface area contributed by atoms with Crippen LogP contribution < -0.4 is 4.74 Å². The molecule has 0 aliphatic carbocycles. The summed E-state index contributed by atoms with van der Waals surface area (Å²) in [6.45, 7) is 11.6. The second-order valence-electron chi connectivity index (χ2n) is 12.1. The molecule has 2 aromatic carbocycles. The molecule has 9 nitrogen and oxygen atoms in total. The van der Waals surface area contributed by atoms with Gasteiger partial charge in [0.1, 0.15) is 0 Å². The number of carbonyl (C=O) groups excluding carboxylic acids is 1. The predicted octanol–water partition coefficient (Wildman–Crippen LogP) is 6.00. The number of carbonyl (C=O) groups is 2. The van der Waals surface area contributed by atoms with Gasteiger partial charge < -0.3 is 19.5 Å². The lowest BCUT2D eigenvalue weighted by atomic mass is 9.91. The number of carboxylic acid groups (broad SMARTS) is 1. The number of aliphatic carboxylic acids is 1. The minimum atomic E-state index is -1.44. The lowest BCUT2D eigenvalue weighted by Crippen LogP contribution is -2.29. The number of aromatic nitrogens is 3. The fourth-order valence-corrected chi connectivity index (χ4v) is 5.61. The minimum Gasteiger partial charge on any atom is -0.490 e. The molecule has 1 aliphatic heterocycles. The summed E-state index contributed by atoms with van der Waals surface area (Å²) in [6.07, 6.45) is -0.0943. The van der Waals surface area contributed by atoms with Crippen LogP contribution >= 0.6 is 0 Å². The van der Waals surface area contributed by atoms with Crippen LogP contribution in [0.3, 0.4) is 0 Å². The molecule has 3 heterocycles. The minimum absolute atomic E-state index is 0.129. The van der Waals surface area contributed by atoms with Crippen molar-refractivity contribution in [2.45, 2.75) is 72.6 Å². The van der Waals surface area contributed by atoms with Gasteiger partial charge in [-0.2, -0.15) is 5.10 Å². The van der Waals surface area contributed by atoms with E-state index in [-0.39, 0.29) is 22.9 Å². The van der Waals surface area contributed by atoms with Crippen molar-refractivity contribution in [3.63, 3.8) is 0 Å². The SMILES string of the molecule is Cc1ccccc1CN(C)C(=O)c1cc2nc(C)c([C@H](OC(C)(C)C)C(=O)O)c(-c3cc(F)c4c(c3C)CCCO4)n2n1. The zero-order valence-corrected chi connectivity index (χ0v) is 25.6.